The summed E-state index contributed by atoms with van der Waals surface area (Å²) in [5, 5.41) is 0.244. The van der Waals surface area contributed by atoms with Crippen LogP contribution < -0.4 is 10.6 Å². The van der Waals surface area contributed by atoms with Crippen LogP contribution in [0, 0.1) is 11.8 Å². The summed E-state index contributed by atoms with van der Waals surface area (Å²) in [7, 11) is 0. The van der Waals surface area contributed by atoms with E-state index >= 15 is 0 Å². The molecule has 0 spiro atoms. The molecular formula is C15H13ClN2O3. The number of carbonyl (C=O) groups excluding carboxylic acids is 3. The van der Waals surface area contributed by atoms with E-state index in [1.54, 1.807) is 0 Å². The fourth-order valence-electron chi connectivity index (χ4n) is 2.88. The normalized spacial score (nSPS) is 24.3. The third kappa shape index (κ3) is 2.14. The molecule has 1 aromatic carbocycles. The highest BCUT2D eigenvalue weighted by Gasteiger charge is 2.48. The molecule has 1 saturated heterocycles. The fraction of sp³-hybridized carbons (Fsp3) is 0.267. The van der Waals surface area contributed by atoms with Crippen LogP contribution in [0.25, 0.3) is 0 Å². The van der Waals surface area contributed by atoms with Gasteiger partial charge in [0.15, 0.2) is 0 Å². The number of benzene rings is 1. The molecule has 2 aliphatic rings. The molecule has 1 fully saturated rings. The van der Waals surface area contributed by atoms with Gasteiger partial charge in [0.05, 0.1) is 22.5 Å². The molecule has 21 heavy (non-hydrogen) atoms. The summed E-state index contributed by atoms with van der Waals surface area (Å²) in [5.41, 5.74) is 5.68. The van der Waals surface area contributed by atoms with Crippen LogP contribution >= 0.6 is 11.6 Å². The number of nitrogens with two attached hydrogens (primary N) is 1. The Labute approximate surface area is 126 Å². The lowest BCUT2D eigenvalue weighted by molar-refractivity contribution is -0.122. The third-order valence-electron chi connectivity index (χ3n) is 3.98. The number of nitrogens with zero attached hydrogens (tertiary/aromatic N) is 1. The molecule has 6 heteroatoms. The van der Waals surface area contributed by atoms with Crippen LogP contribution in [0.3, 0.4) is 0 Å². The molecule has 3 amide bonds. The minimum Gasteiger partial charge on any atom is -0.366 e. The van der Waals surface area contributed by atoms with Crippen LogP contribution in [0.5, 0.6) is 0 Å². The SMILES string of the molecule is NC(=O)c1ccc(Cl)c(N2C(=O)C3CC=CCC3C2=O)c1. The summed E-state index contributed by atoms with van der Waals surface area (Å²) >= 11 is 6.10. The van der Waals surface area contributed by atoms with Crippen molar-refractivity contribution >= 4 is 35.0 Å². The number of anilines is 1. The van der Waals surface area contributed by atoms with Gasteiger partial charge in [-0.3, -0.25) is 14.4 Å². The number of primary amides is 1. The Morgan fingerprint density at radius 2 is 1.71 bits per heavy atom. The number of fused-ring (bicyclic) bond motifs is 1. The van der Waals surface area contributed by atoms with E-state index in [9.17, 15) is 14.4 Å². The molecule has 0 radical (unpaired) electrons. The Morgan fingerprint density at radius 1 is 1.14 bits per heavy atom. The quantitative estimate of drug-likeness (QED) is 0.669. The lowest BCUT2D eigenvalue weighted by Crippen LogP contribution is -2.31. The first-order valence-corrected chi connectivity index (χ1v) is 7.00. The minimum absolute atomic E-state index is 0.211. The van der Waals surface area contributed by atoms with Crippen molar-refractivity contribution in [3.05, 3.63) is 40.9 Å². The number of rotatable bonds is 2. The first kappa shape index (κ1) is 13.8. The minimum atomic E-state index is -0.633. The Balaban J connectivity index is 2.05. The first-order valence-electron chi connectivity index (χ1n) is 6.63. The average molecular weight is 305 g/mol. The van der Waals surface area contributed by atoms with Gasteiger partial charge in [0.25, 0.3) is 0 Å². The van der Waals surface area contributed by atoms with Gasteiger partial charge in [-0.1, -0.05) is 23.8 Å². The maximum absolute atomic E-state index is 12.5. The molecule has 5 nitrogen and oxygen atoms in total. The highest BCUT2D eigenvalue weighted by molar-refractivity contribution is 6.36. The van der Waals surface area contributed by atoms with Crippen molar-refractivity contribution in [1.82, 2.24) is 0 Å². The standard InChI is InChI=1S/C15H13ClN2O3/c16-11-6-5-8(13(17)19)7-12(11)18-14(20)9-3-1-2-4-10(9)15(18)21/h1-2,5-7,9-10H,3-4H2,(H2,17,19). The van der Waals surface area contributed by atoms with Gasteiger partial charge in [-0.2, -0.15) is 0 Å². The van der Waals surface area contributed by atoms with E-state index in [0.29, 0.717) is 12.8 Å². The highest BCUT2D eigenvalue weighted by atomic mass is 35.5. The Kier molecular flexibility index (Phi) is 3.29. The van der Waals surface area contributed by atoms with Crippen LogP contribution in [0.1, 0.15) is 23.2 Å². The number of halogens is 1. The van der Waals surface area contributed by atoms with E-state index in [-0.39, 0.29) is 39.9 Å². The van der Waals surface area contributed by atoms with Crippen LogP contribution in [0.2, 0.25) is 5.02 Å². The van der Waals surface area contributed by atoms with Gasteiger partial charge in [-0.25, -0.2) is 4.90 Å². The Bertz CT molecular complexity index is 657. The van der Waals surface area contributed by atoms with Crippen molar-refractivity contribution in [2.45, 2.75) is 12.8 Å². The molecule has 2 atom stereocenters. The second-order valence-electron chi connectivity index (χ2n) is 5.20. The van der Waals surface area contributed by atoms with Crippen LogP contribution in [-0.2, 0) is 9.59 Å². The van der Waals surface area contributed by atoms with Crippen LogP contribution in [0.4, 0.5) is 5.69 Å². The summed E-state index contributed by atoms with van der Waals surface area (Å²) in [5.74, 6) is -1.84. The van der Waals surface area contributed by atoms with E-state index in [0.717, 1.165) is 4.90 Å². The van der Waals surface area contributed by atoms with Gasteiger partial charge in [0.2, 0.25) is 17.7 Å². The van der Waals surface area contributed by atoms with Crippen molar-refractivity contribution in [1.29, 1.82) is 0 Å². The van der Waals surface area contributed by atoms with E-state index in [1.807, 2.05) is 12.2 Å². The molecule has 0 saturated carbocycles. The molecule has 108 valence electrons. The molecule has 0 bridgehead atoms. The number of hydrogen-bond donors (Lipinski definition) is 1. The molecular weight excluding hydrogens is 292 g/mol. The fourth-order valence-corrected chi connectivity index (χ4v) is 3.08. The summed E-state index contributed by atoms with van der Waals surface area (Å²) < 4.78 is 0. The number of carbonyl (C=O) groups is 3. The molecule has 1 aliphatic carbocycles. The first-order chi connectivity index (χ1) is 10.0. The Morgan fingerprint density at radius 3 is 2.24 bits per heavy atom. The third-order valence-corrected chi connectivity index (χ3v) is 4.30. The second kappa shape index (κ2) is 5.00. The van der Waals surface area contributed by atoms with Gasteiger partial charge < -0.3 is 5.73 Å². The molecule has 2 unspecified atom stereocenters. The summed E-state index contributed by atoms with van der Waals surface area (Å²) in [6.07, 6.45) is 4.94. The lowest BCUT2D eigenvalue weighted by atomic mass is 9.85. The van der Waals surface area contributed by atoms with Gasteiger partial charge in [0, 0.05) is 5.56 Å². The van der Waals surface area contributed by atoms with Crippen LogP contribution in [-0.4, -0.2) is 17.7 Å². The molecule has 1 heterocycles. The van der Waals surface area contributed by atoms with Gasteiger partial charge in [0.1, 0.15) is 0 Å². The van der Waals surface area contributed by atoms with E-state index in [1.165, 1.54) is 18.2 Å². The Hall–Kier alpha value is -2.14. The maximum Gasteiger partial charge on any atom is 0.248 e. The topological polar surface area (TPSA) is 80.5 Å². The van der Waals surface area contributed by atoms with Gasteiger partial charge in [-0.15, -0.1) is 0 Å². The summed E-state index contributed by atoms with van der Waals surface area (Å²) in [4.78, 5) is 37.3. The number of imide groups is 1. The maximum atomic E-state index is 12.5. The van der Waals surface area contributed by atoms with E-state index in [2.05, 4.69) is 0 Å². The summed E-state index contributed by atoms with van der Waals surface area (Å²) in [6, 6.07) is 4.33. The van der Waals surface area contributed by atoms with E-state index < -0.39 is 5.91 Å². The largest absolute Gasteiger partial charge is 0.366 e. The van der Waals surface area contributed by atoms with Crippen molar-refractivity contribution in [3.63, 3.8) is 0 Å². The van der Waals surface area contributed by atoms with Crippen molar-refractivity contribution < 1.29 is 14.4 Å². The van der Waals surface area contributed by atoms with Gasteiger partial charge >= 0.3 is 0 Å². The smallest absolute Gasteiger partial charge is 0.248 e. The zero-order valence-electron chi connectivity index (χ0n) is 11.1. The van der Waals surface area contributed by atoms with Crippen molar-refractivity contribution in [2.24, 2.45) is 17.6 Å². The highest BCUT2D eigenvalue weighted by Crippen LogP contribution is 2.40. The predicted molar refractivity (Wildman–Crippen MR) is 77.8 cm³/mol. The second-order valence-corrected chi connectivity index (χ2v) is 5.61. The molecule has 1 aromatic rings. The van der Waals surface area contributed by atoms with Crippen molar-refractivity contribution in [2.75, 3.05) is 4.90 Å². The van der Waals surface area contributed by atoms with Gasteiger partial charge in [-0.05, 0) is 31.0 Å². The number of hydrogen-bond acceptors (Lipinski definition) is 3. The number of allylic oxidation sites excluding steroid dienone is 2. The summed E-state index contributed by atoms with van der Waals surface area (Å²) in [6.45, 7) is 0. The molecule has 2 N–H and O–H groups in total. The zero-order chi connectivity index (χ0) is 15.1. The zero-order valence-corrected chi connectivity index (χ0v) is 11.8. The molecule has 0 aromatic heterocycles. The lowest BCUT2D eigenvalue weighted by Gasteiger charge is -2.17. The number of amides is 3. The predicted octanol–water partition coefficient (Wildman–Crippen LogP) is 1.89. The van der Waals surface area contributed by atoms with Crippen molar-refractivity contribution in [3.8, 4) is 0 Å². The van der Waals surface area contributed by atoms with Crippen LogP contribution in [0.15, 0.2) is 30.4 Å². The molecule has 3 rings (SSSR count). The average Bonchev–Trinajstić information content (AvgIpc) is 2.72. The monoisotopic (exact) mass is 304 g/mol. The van der Waals surface area contributed by atoms with E-state index in [4.69, 9.17) is 17.3 Å². The molecule has 1 aliphatic heterocycles.